The van der Waals surface area contributed by atoms with Gasteiger partial charge in [0.15, 0.2) is 0 Å². The lowest BCUT2D eigenvalue weighted by Crippen LogP contribution is -2.37. The number of amides is 1. The topological polar surface area (TPSA) is 29.5 Å². The third-order valence-electron chi connectivity index (χ3n) is 2.47. The van der Waals surface area contributed by atoms with E-state index in [1.54, 1.807) is 11.0 Å². The van der Waals surface area contributed by atoms with Crippen molar-refractivity contribution in [2.24, 2.45) is 0 Å². The summed E-state index contributed by atoms with van der Waals surface area (Å²) in [5.41, 5.74) is 0.568. The number of nitrogens with zero attached hydrogens (tertiary/aromatic N) is 1. The normalized spacial score (nSPS) is 11.9. The molecule has 0 spiro atoms. The van der Waals surface area contributed by atoms with Gasteiger partial charge in [-0.05, 0) is 32.4 Å². The van der Waals surface area contributed by atoms with Gasteiger partial charge in [0.05, 0.1) is 6.54 Å². The molecule has 0 N–H and O–H groups in total. The van der Waals surface area contributed by atoms with Crippen LogP contribution in [-0.2, 0) is 4.74 Å². The number of hydrogen-bond donors (Lipinski definition) is 0. The number of benzene rings is 1. The van der Waals surface area contributed by atoms with Crippen molar-refractivity contribution < 1.29 is 9.53 Å². The fourth-order valence-corrected chi connectivity index (χ4v) is 2.21. The predicted octanol–water partition coefficient (Wildman–Crippen LogP) is 4.85. The molecule has 21 heavy (non-hydrogen) atoms. The molecule has 0 saturated heterocycles. The minimum Gasteiger partial charge on any atom is -0.444 e. The van der Waals surface area contributed by atoms with Crippen LogP contribution in [0, 0.1) is 0 Å². The SMILES string of the molecule is C=CCN(C/C(Br)=C\c1ccccc1)C(=O)OC(C)(C)C. The molecule has 0 radical (unpaired) electrons. The molecule has 0 heterocycles. The highest BCUT2D eigenvalue weighted by Crippen LogP contribution is 2.16. The molecule has 0 atom stereocenters. The molecule has 0 saturated carbocycles. The molecule has 1 aromatic carbocycles. The van der Waals surface area contributed by atoms with Crippen LogP contribution >= 0.6 is 15.9 Å². The molecule has 1 rings (SSSR count). The second-order valence-corrected chi connectivity index (χ2v) is 6.67. The minimum atomic E-state index is -0.508. The molecular weight excluding hydrogens is 330 g/mol. The lowest BCUT2D eigenvalue weighted by atomic mass is 10.2. The van der Waals surface area contributed by atoms with Crippen LogP contribution in [0.4, 0.5) is 4.79 Å². The molecule has 0 fully saturated rings. The van der Waals surface area contributed by atoms with E-state index in [4.69, 9.17) is 4.74 Å². The summed E-state index contributed by atoms with van der Waals surface area (Å²) in [5, 5.41) is 0. The van der Waals surface area contributed by atoms with Crippen LogP contribution in [0.5, 0.6) is 0 Å². The molecule has 0 aliphatic heterocycles. The molecule has 0 bridgehead atoms. The summed E-state index contributed by atoms with van der Waals surface area (Å²) in [6.07, 6.45) is 3.33. The van der Waals surface area contributed by atoms with Gasteiger partial charge in [-0.15, -0.1) is 6.58 Å². The first-order valence-electron chi connectivity index (χ1n) is 6.82. The molecular formula is C17H22BrNO2. The summed E-state index contributed by atoms with van der Waals surface area (Å²) in [7, 11) is 0. The zero-order valence-corrected chi connectivity index (χ0v) is 14.4. The highest BCUT2D eigenvalue weighted by molar-refractivity contribution is 9.11. The fourth-order valence-electron chi connectivity index (χ4n) is 1.64. The molecule has 0 aliphatic rings. The van der Waals surface area contributed by atoms with Crippen LogP contribution < -0.4 is 0 Å². The van der Waals surface area contributed by atoms with E-state index in [9.17, 15) is 4.79 Å². The zero-order valence-electron chi connectivity index (χ0n) is 12.8. The second kappa shape index (κ2) is 8.03. The maximum absolute atomic E-state index is 12.1. The van der Waals surface area contributed by atoms with Crippen molar-refractivity contribution in [3.63, 3.8) is 0 Å². The van der Waals surface area contributed by atoms with Crippen molar-refractivity contribution in [2.75, 3.05) is 13.1 Å². The van der Waals surface area contributed by atoms with Gasteiger partial charge in [0.2, 0.25) is 0 Å². The van der Waals surface area contributed by atoms with E-state index in [1.807, 2.05) is 57.2 Å². The van der Waals surface area contributed by atoms with Crippen LogP contribution in [0.2, 0.25) is 0 Å². The first-order valence-corrected chi connectivity index (χ1v) is 7.61. The van der Waals surface area contributed by atoms with E-state index in [0.717, 1.165) is 10.0 Å². The average Bonchev–Trinajstić information content (AvgIpc) is 2.37. The van der Waals surface area contributed by atoms with Gasteiger partial charge in [0.25, 0.3) is 0 Å². The maximum atomic E-state index is 12.1. The Balaban J connectivity index is 2.76. The number of hydrogen-bond acceptors (Lipinski definition) is 2. The number of rotatable bonds is 5. The third kappa shape index (κ3) is 7.14. The van der Waals surface area contributed by atoms with E-state index < -0.39 is 5.60 Å². The molecule has 0 aromatic heterocycles. The fraction of sp³-hybridized carbons (Fsp3) is 0.353. The van der Waals surface area contributed by atoms with E-state index in [-0.39, 0.29) is 6.09 Å². The van der Waals surface area contributed by atoms with Crippen molar-refractivity contribution in [1.29, 1.82) is 0 Å². The number of carbonyl (C=O) groups is 1. The lowest BCUT2D eigenvalue weighted by Gasteiger charge is -2.26. The van der Waals surface area contributed by atoms with E-state index in [2.05, 4.69) is 22.5 Å². The molecule has 0 unspecified atom stereocenters. The Kier molecular flexibility index (Phi) is 6.69. The van der Waals surface area contributed by atoms with Gasteiger partial charge in [-0.2, -0.15) is 0 Å². The van der Waals surface area contributed by atoms with E-state index in [0.29, 0.717) is 13.1 Å². The second-order valence-electron chi connectivity index (χ2n) is 5.65. The van der Waals surface area contributed by atoms with Gasteiger partial charge in [-0.25, -0.2) is 4.79 Å². The average molecular weight is 352 g/mol. The lowest BCUT2D eigenvalue weighted by molar-refractivity contribution is 0.0291. The maximum Gasteiger partial charge on any atom is 0.410 e. The Morgan fingerprint density at radius 1 is 1.33 bits per heavy atom. The molecule has 1 amide bonds. The van der Waals surface area contributed by atoms with Crippen molar-refractivity contribution >= 4 is 28.1 Å². The van der Waals surface area contributed by atoms with Crippen molar-refractivity contribution in [1.82, 2.24) is 4.90 Å². The zero-order chi connectivity index (χ0) is 15.9. The van der Waals surface area contributed by atoms with Crippen molar-refractivity contribution in [3.05, 3.63) is 53.0 Å². The van der Waals surface area contributed by atoms with Crippen LogP contribution in [0.1, 0.15) is 26.3 Å². The van der Waals surface area contributed by atoms with Gasteiger partial charge < -0.3 is 4.74 Å². The van der Waals surface area contributed by atoms with Gasteiger partial charge in [0.1, 0.15) is 5.60 Å². The number of halogens is 1. The summed E-state index contributed by atoms with van der Waals surface area (Å²) >= 11 is 3.51. The molecule has 4 heteroatoms. The summed E-state index contributed by atoms with van der Waals surface area (Å²) in [5.74, 6) is 0. The molecule has 114 valence electrons. The molecule has 3 nitrogen and oxygen atoms in total. The quantitative estimate of drug-likeness (QED) is 0.710. The monoisotopic (exact) mass is 351 g/mol. The smallest absolute Gasteiger partial charge is 0.410 e. The van der Waals surface area contributed by atoms with Crippen molar-refractivity contribution in [2.45, 2.75) is 26.4 Å². The summed E-state index contributed by atoms with van der Waals surface area (Å²) in [6, 6.07) is 9.93. The van der Waals surface area contributed by atoms with Gasteiger partial charge in [-0.3, -0.25) is 4.90 Å². The Hall–Kier alpha value is -1.55. The Morgan fingerprint density at radius 3 is 2.48 bits per heavy atom. The third-order valence-corrected chi connectivity index (χ3v) is 2.95. The highest BCUT2D eigenvalue weighted by atomic mass is 79.9. The minimum absolute atomic E-state index is 0.346. The molecule has 1 aromatic rings. The number of carbonyl (C=O) groups excluding carboxylic acids is 1. The molecule has 0 aliphatic carbocycles. The van der Waals surface area contributed by atoms with Crippen LogP contribution in [0.15, 0.2) is 47.5 Å². The summed E-state index contributed by atoms with van der Waals surface area (Å²) in [6.45, 7) is 10.1. The van der Waals surface area contributed by atoms with Gasteiger partial charge in [0, 0.05) is 11.0 Å². The summed E-state index contributed by atoms with van der Waals surface area (Å²) in [4.78, 5) is 13.7. The standard InChI is InChI=1S/C17H22BrNO2/c1-5-11-19(16(20)21-17(2,3)4)13-15(18)12-14-9-7-6-8-10-14/h5-10,12H,1,11,13H2,2-4H3/b15-12+. The van der Waals surface area contributed by atoms with Crippen LogP contribution in [-0.4, -0.2) is 29.7 Å². The Bertz CT molecular complexity index is 503. The predicted molar refractivity (Wildman–Crippen MR) is 91.4 cm³/mol. The number of ether oxygens (including phenoxy) is 1. The largest absolute Gasteiger partial charge is 0.444 e. The van der Waals surface area contributed by atoms with Gasteiger partial charge >= 0.3 is 6.09 Å². The first kappa shape index (κ1) is 17.5. The Labute approximate surface area is 135 Å². The van der Waals surface area contributed by atoms with E-state index >= 15 is 0 Å². The van der Waals surface area contributed by atoms with Crippen molar-refractivity contribution in [3.8, 4) is 0 Å². The van der Waals surface area contributed by atoms with Gasteiger partial charge in [-0.1, -0.05) is 52.3 Å². The Morgan fingerprint density at radius 2 is 1.95 bits per heavy atom. The highest BCUT2D eigenvalue weighted by Gasteiger charge is 2.21. The van der Waals surface area contributed by atoms with Crippen LogP contribution in [0.25, 0.3) is 6.08 Å². The summed E-state index contributed by atoms with van der Waals surface area (Å²) < 4.78 is 6.30. The van der Waals surface area contributed by atoms with Crippen LogP contribution in [0.3, 0.4) is 0 Å². The first-order chi connectivity index (χ1) is 9.81. The van der Waals surface area contributed by atoms with E-state index in [1.165, 1.54) is 0 Å².